The van der Waals surface area contributed by atoms with Crippen LogP contribution in [0.3, 0.4) is 0 Å². The summed E-state index contributed by atoms with van der Waals surface area (Å²) in [6, 6.07) is 0. The van der Waals surface area contributed by atoms with Crippen LogP contribution in [0.4, 0.5) is 0 Å². The standard InChI is InChI=1S/C11H24O3S/c1-4-7-11(3,10-12)8-6-9-15(13,14)5-2/h12H,4-10H2,1-3H3. The largest absolute Gasteiger partial charge is 0.396 e. The van der Waals surface area contributed by atoms with Crippen LogP contribution in [0.25, 0.3) is 0 Å². The molecule has 0 radical (unpaired) electrons. The zero-order chi connectivity index (χ0) is 11.9. The number of hydrogen-bond acceptors (Lipinski definition) is 3. The van der Waals surface area contributed by atoms with Gasteiger partial charge >= 0.3 is 0 Å². The maximum atomic E-state index is 11.3. The van der Waals surface area contributed by atoms with Crippen molar-refractivity contribution < 1.29 is 13.5 Å². The average Bonchev–Trinajstić information content (AvgIpc) is 2.18. The van der Waals surface area contributed by atoms with Crippen LogP contribution in [-0.4, -0.2) is 31.6 Å². The molecule has 1 N–H and O–H groups in total. The first-order chi connectivity index (χ1) is 6.89. The smallest absolute Gasteiger partial charge is 0.150 e. The average molecular weight is 236 g/mol. The molecular weight excluding hydrogens is 212 g/mol. The summed E-state index contributed by atoms with van der Waals surface area (Å²) in [4.78, 5) is 0. The van der Waals surface area contributed by atoms with Crippen LogP contribution in [0.1, 0.15) is 46.5 Å². The van der Waals surface area contributed by atoms with E-state index in [1.807, 2.05) is 6.92 Å². The Hall–Kier alpha value is -0.0900. The fourth-order valence-corrected chi connectivity index (χ4v) is 2.62. The van der Waals surface area contributed by atoms with Crippen molar-refractivity contribution in [2.75, 3.05) is 18.1 Å². The van der Waals surface area contributed by atoms with Gasteiger partial charge in [-0.2, -0.15) is 0 Å². The van der Waals surface area contributed by atoms with Crippen molar-refractivity contribution in [2.45, 2.75) is 46.5 Å². The van der Waals surface area contributed by atoms with Crippen molar-refractivity contribution in [3.05, 3.63) is 0 Å². The van der Waals surface area contributed by atoms with E-state index in [-0.39, 0.29) is 23.5 Å². The van der Waals surface area contributed by atoms with Gasteiger partial charge in [-0.25, -0.2) is 8.42 Å². The molecule has 0 fully saturated rings. The molecule has 1 atom stereocenters. The fraction of sp³-hybridized carbons (Fsp3) is 1.00. The van der Waals surface area contributed by atoms with Gasteiger partial charge in [0.1, 0.15) is 9.84 Å². The van der Waals surface area contributed by atoms with Gasteiger partial charge in [-0.05, 0) is 24.7 Å². The van der Waals surface area contributed by atoms with Crippen LogP contribution < -0.4 is 0 Å². The highest BCUT2D eigenvalue weighted by molar-refractivity contribution is 7.91. The molecule has 0 rings (SSSR count). The SMILES string of the molecule is CCCC(C)(CO)CCCS(=O)(=O)CC. The predicted molar refractivity (Wildman–Crippen MR) is 63.7 cm³/mol. The topological polar surface area (TPSA) is 54.4 Å². The lowest BCUT2D eigenvalue weighted by Crippen LogP contribution is -2.22. The molecule has 0 aliphatic heterocycles. The van der Waals surface area contributed by atoms with E-state index in [0.717, 1.165) is 19.3 Å². The molecule has 0 spiro atoms. The van der Waals surface area contributed by atoms with E-state index in [2.05, 4.69) is 6.92 Å². The van der Waals surface area contributed by atoms with Crippen molar-refractivity contribution >= 4 is 9.84 Å². The first-order valence-electron chi connectivity index (χ1n) is 5.70. The number of aliphatic hydroxyl groups excluding tert-OH is 1. The molecule has 0 aromatic rings. The first-order valence-corrected chi connectivity index (χ1v) is 7.52. The molecule has 0 aliphatic rings. The zero-order valence-corrected chi connectivity index (χ0v) is 10.9. The van der Waals surface area contributed by atoms with Crippen LogP contribution in [0.15, 0.2) is 0 Å². The Kier molecular flexibility index (Phi) is 6.44. The minimum absolute atomic E-state index is 0.0992. The summed E-state index contributed by atoms with van der Waals surface area (Å²) in [5, 5.41) is 9.25. The van der Waals surface area contributed by atoms with E-state index < -0.39 is 9.84 Å². The fourth-order valence-electron chi connectivity index (χ4n) is 1.75. The summed E-state index contributed by atoms with van der Waals surface area (Å²) in [5.41, 5.74) is -0.0992. The summed E-state index contributed by atoms with van der Waals surface area (Å²) >= 11 is 0. The van der Waals surface area contributed by atoms with Crippen LogP contribution in [0.5, 0.6) is 0 Å². The van der Waals surface area contributed by atoms with E-state index in [1.165, 1.54) is 0 Å². The highest BCUT2D eigenvalue weighted by Gasteiger charge is 2.22. The zero-order valence-electron chi connectivity index (χ0n) is 10.1. The van der Waals surface area contributed by atoms with E-state index in [4.69, 9.17) is 0 Å². The number of hydrogen-bond donors (Lipinski definition) is 1. The van der Waals surface area contributed by atoms with Gasteiger partial charge in [0.05, 0.1) is 5.75 Å². The van der Waals surface area contributed by atoms with Gasteiger partial charge in [0.15, 0.2) is 0 Å². The Morgan fingerprint density at radius 1 is 1.20 bits per heavy atom. The lowest BCUT2D eigenvalue weighted by molar-refractivity contribution is 0.121. The Morgan fingerprint density at radius 3 is 2.20 bits per heavy atom. The predicted octanol–water partition coefficient (Wildman–Crippen LogP) is 2.00. The van der Waals surface area contributed by atoms with Gasteiger partial charge in [0.25, 0.3) is 0 Å². The van der Waals surface area contributed by atoms with Crippen molar-refractivity contribution in [3.63, 3.8) is 0 Å². The lowest BCUT2D eigenvalue weighted by atomic mass is 9.82. The van der Waals surface area contributed by atoms with Gasteiger partial charge in [-0.1, -0.05) is 27.2 Å². The second kappa shape index (κ2) is 6.48. The normalized spacial score (nSPS) is 16.3. The summed E-state index contributed by atoms with van der Waals surface area (Å²) in [5.74, 6) is 0.472. The minimum Gasteiger partial charge on any atom is -0.396 e. The monoisotopic (exact) mass is 236 g/mol. The van der Waals surface area contributed by atoms with Crippen LogP contribution >= 0.6 is 0 Å². The highest BCUT2D eigenvalue weighted by atomic mass is 32.2. The number of aliphatic hydroxyl groups is 1. The molecule has 92 valence electrons. The third-order valence-electron chi connectivity index (χ3n) is 2.91. The molecule has 4 heteroatoms. The maximum absolute atomic E-state index is 11.3. The number of rotatable bonds is 8. The summed E-state index contributed by atoms with van der Waals surface area (Å²) in [6.07, 6.45) is 3.43. The molecule has 15 heavy (non-hydrogen) atoms. The van der Waals surface area contributed by atoms with E-state index in [1.54, 1.807) is 6.92 Å². The summed E-state index contributed by atoms with van der Waals surface area (Å²) < 4.78 is 22.5. The van der Waals surface area contributed by atoms with Crippen molar-refractivity contribution in [3.8, 4) is 0 Å². The quantitative estimate of drug-likeness (QED) is 0.701. The molecule has 1 unspecified atom stereocenters. The third kappa shape index (κ3) is 6.15. The van der Waals surface area contributed by atoms with E-state index in [9.17, 15) is 13.5 Å². The molecular formula is C11H24O3S. The molecule has 0 bridgehead atoms. The van der Waals surface area contributed by atoms with Crippen molar-refractivity contribution in [2.24, 2.45) is 5.41 Å². The van der Waals surface area contributed by atoms with Crippen molar-refractivity contribution in [1.82, 2.24) is 0 Å². The van der Waals surface area contributed by atoms with Gasteiger partial charge in [0, 0.05) is 12.4 Å². The van der Waals surface area contributed by atoms with Gasteiger partial charge in [-0.3, -0.25) is 0 Å². The van der Waals surface area contributed by atoms with E-state index >= 15 is 0 Å². The van der Waals surface area contributed by atoms with Gasteiger partial charge < -0.3 is 5.11 Å². The third-order valence-corrected chi connectivity index (χ3v) is 4.70. The summed E-state index contributed by atoms with van der Waals surface area (Å²) in [7, 11) is -2.85. The number of sulfone groups is 1. The first kappa shape index (κ1) is 14.9. The van der Waals surface area contributed by atoms with Crippen LogP contribution in [0, 0.1) is 5.41 Å². The Labute approximate surface area is 93.8 Å². The maximum Gasteiger partial charge on any atom is 0.150 e. The molecule has 0 aromatic heterocycles. The van der Waals surface area contributed by atoms with Crippen molar-refractivity contribution in [1.29, 1.82) is 0 Å². The molecule has 3 nitrogen and oxygen atoms in total. The minimum atomic E-state index is -2.85. The molecule has 0 amide bonds. The van der Waals surface area contributed by atoms with Crippen LogP contribution in [-0.2, 0) is 9.84 Å². The second-order valence-corrected chi connectivity index (χ2v) is 7.03. The van der Waals surface area contributed by atoms with Gasteiger partial charge in [0.2, 0.25) is 0 Å². The molecule has 0 saturated carbocycles. The lowest BCUT2D eigenvalue weighted by Gasteiger charge is -2.26. The highest BCUT2D eigenvalue weighted by Crippen LogP contribution is 2.28. The Morgan fingerprint density at radius 2 is 1.80 bits per heavy atom. The molecule has 0 heterocycles. The molecule has 0 aliphatic carbocycles. The second-order valence-electron chi connectivity index (χ2n) is 4.56. The van der Waals surface area contributed by atoms with Crippen LogP contribution in [0.2, 0.25) is 0 Å². The Balaban J connectivity index is 4.03. The van der Waals surface area contributed by atoms with E-state index in [0.29, 0.717) is 6.42 Å². The van der Waals surface area contributed by atoms with Gasteiger partial charge in [-0.15, -0.1) is 0 Å². The molecule has 0 saturated heterocycles. The molecule has 0 aromatic carbocycles. The Bertz CT molecular complexity index is 259. The summed E-state index contributed by atoms with van der Waals surface area (Å²) in [6.45, 7) is 5.92.